The number of hydrogen-bond donors (Lipinski definition) is 1. The summed E-state index contributed by atoms with van der Waals surface area (Å²) in [6.07, 6.45) is 11.4. The third-order valence-corrected chi connectivity index (χ3v) is 11.8. The van der Waals surface area contributed by atoms with Crippen LogP contribution in [0.25, 0.3) is 0 Å². The zero-order valence-electron chi connectivity index (χ0n) is 21.5. The predicted octanol–water partition coefficient (Wildman–Crippen LogP) is 4.68. The topological polar surface area (TPSA) is 103 Å². The molecule has 0 aromatic heterocycles. The second-order valence-electron chi connectivity index (χ2n) is 12.8. The SMILES string of the molecule is C[C@H](CCC(=O)N[C@@H](C)CS(=O)(=O)[O-])[C@H]1CC[C@H]2[C@@H]3CC[C@@H]4CC(=O)CC[C@]4(C)[C@H]3CC[C@]12C. The maximum atomic E-state index is 12.4. The van der Waals surface area contributed by atoms with E-state index in [-0.39, 0.29) is 5.91 Å². The van der Waals surface area contributed by atoms with Gasteiger partial charge < -0.3 is 9.87 Å². The summed E-state index contributed by atoms with van der Waals surface area (Å²) in [7, 11) is -4.34. The first-order valence-corrected chi connectivity index (χ1v) is 15.2. The van der Waals surface area contributed by atoms with Crippen molar-refractivity contribution in [1.29, 1.82) is 0 Å². The van der Waals surface area contributed by atoms with Gasteiger partial charge in [0, 0.05) is 25.3 Å². The molecule has 34 heavy (non-hydrogen) atoms. The molecular formula is C27H44NO5S-. The molecule has 0 radical (unpaired) electrons. The summed E-state index contributed by atoms with van der Waals surface area (Å²) in [5.74, 6) is 3.69. The molecule has 0 aliphatic heterocycles. The van der Waals surface area contributed by atoms with Crippen molar-refractivity contribution in [2.75, 3.05) is 5.75 Å². The summed E-state index contributed by atoms with van der Waals surface area (Å²) >= 11 is 0. The van der Waals surface area contributed by atoms with Crippen molar-refractivity contribution >= 4 is 21.8 Å². The monoisotopic (exact) mass is 494 g/mol. The molecule has 6 nitrogen and oxygen atoms in total. The van der Waals surface area contributed by atoms with Gasteiger partial charge in [0.15, 0.2) is 0 Å². The van der Waals surface area contributed by atoms with E-state index >= 15 is 0 Å². The third kappa shape index (κ3) is 4.98. The summed E-state index contributed by atoms with van der Waals surface area (Å²) in [4.78, 5) is 24.5. The number of rotatable bonds is 7. The lowest BCUT2D eigenvalue weighted by Crippen LogP contribution is -2.53. The van der Waals surface area contributed by atoms with Gasteiger partial charge in [0.05, 0.1) is 15.9 Å². The average Bonchev–Trinajstić information content (AvgIpc) is 3.08. The van der Waals surface area contributed by atoms with E-state index < -0.39 is 21.9 Å². The highest BCUT2D eigenvalue weighted by Gasteiger charge is 2.60. The van der Waals surface area contributed by atoms with Gasteiger partial charge in [-0.3, -0.25) is 9.59 Å². The Morgan fingerprint density at radius 1 is 1.06 bits per heavy atom. The van der Waals surface area contributed by atoms with Crippen molar-refractivity contribution in [2.45, 2.75) is 104 Å². The van der Waals surface area contributed by atoms with Crippen LogP contribution in [-0.2, 0) is 19.7 Å². The zero-order chi connectivity index (χ0) is 24.9. The molecule has 4 saturated carbocycles. The Balaban J connectivity index is 1.36. The van der Waals surface area contributed by atoms with E-state index in [4.69, 9.17) is 0 Å². The van der Waals surface area contributed by atoms with E-state index in [1.165, 1.54) is 38.5 Å². The third-order valence-electron chi connectivity index (χ3n) is 10.9. The molecule has 0 spiro atoms. The highest BCUT2D eigenvalue weighted by atomic mass is 32.2. The lowest BCUT2D eigenvalue weighted by molar-refractivity contribution is -0.140. The van der Waals surface area contributed by atoms with Crippen LogP contribution in [-0.4, -0.2) is 36.5 Å². The van der Waals surface area contributed by atoms with Crippen LogP contribution in [0, 0.1) is 46.3 Å². The predicted molar refractivity (Wildman–Crippen MR) is 131 cm³/mol. The molecule has 7 heteroatoms. The van der Waals surface area contributed by atoms with Crippen molar-refractivity contribution in [1.82, 2.24) is 5.32 Å². The van der Waals surface area contributed by atoms with Crippen LogP contribution in [0.15, 0.2) is 0 Å². The van der Waals surface area contributed by atoms with Gasteiger partial charge in [-0.15, -0.1) is 0 Å². The first-order chi connectivity index (χ1) is 15.8. The molecule has 0 heterocycles. The number of amides is 1. The van der Waals surface area contributed by atoms with E-state index in [1.807, 2.05) is 0 Å². The minimum atomic E-state index is -4.34. The van der Waals surface area contributed by atoms with Crippen molar-refractivity contribution in [3.8, 4) is 0 Å². The lowest BCUT2D eigenvalue weighted by Gasteiger charge is -2.60. The molecule has 0 unspecified atom stereocenters. The molecule has 194 valence electrons. The van der Waals surface area contributed by atoms with Gasteiger partial charge in [-0.25, -0.2) is 8.42 Å². The molecule has 0 aromatic carbocycles. The maximum Gasteiger partial charge on any atom is 0.220 e. The fourth-order valence-corrected chi connectivity index (χ4v) is 9.97. The first-order valence-electron chi connectivity index (χ1n) is 13.6. The standard InChI is InChI=1S/C27H45NO5S/c1-17(5-10-25(30)28-18(2)16-34(31,32)33)22-8-9-23-21-7-6-19-15-20(29)11-13-26(19,3)24(21)12-14-27(22,23)4/h17-19,21-24H,5-16H2,1-4H3,(H,28,30)(H,31,32,33)/p-1/t17-,18+,19-,21+,22-,23+,24+,26+,27-/m1/s1. The molecule has 4 rings (SSSR count). The number of nitrogens with one attached hydrogen (secondary N) is 1. The zero-order valence-corrected chi connectivity index (χ0v) is 22.3. The van der Waals surface area contributed by atoms with Crippen LogP contribution in [0.1, 0.15) is 98.3 Å². The van der Waals surface area contributed by atoms with E-state index in [0.29, 0.717) is 40.8 Å². The van der Waals surface area contributed by atoms with Crippen LogP contribution in [0.4, 0.5) is 0 Å². The van der Waals surface area contributed by atoms with Crippen molar-refractivity contribution in [3.05, 3.63) is 0 Å². The quantitative estimate of drug-likeness (QED) is 0.518. The van der Waals surface area contributed by atoms with Gasteiger partial charge in [-0.05, 0) is 105 Å². The molecule has 0 aromatic rings. The van der Waals surface area contributed by atoms with E-state index in [9.17, 15) is 22.6 Å². The smallest absolute Gasteiger partial charge is 0.220 e. The van der Waals surface area contributed by atoms with E-state index in [1.54, 1.807) is 6.92 Å². The molecule has 1 N–H and O–H groups in total. The summed E-state index contributed by atoms with van der Waals surface area (Å²) < 4.78 is 32.8. The van der Waals surface area contributed by atoms with Crippen LogP contribution in [0.3, 0.4) is 0 Å². The number of carbonyl (C=O) groups is 2. The Kier molecular flexibility index (Phi) is 7.29. The van der Waals surface area contributed by atoms with Gasteiger partial charge in [-0.2, -0.15) is 0 Å². The maximum absolute atomic E-state index is 12.4. The normalized spacial score (nSPS) is 41.7. The Bertz CT molecular complexity index is 903. The fraction of sp³-hybridized carbons (Fsp3) is 0.926. The molecule has 4 fully saturated rings. The van der Waals surface area contributed by atoms with Crippen LogP contribution in [0.2, 0.25) is 0 Å². The molecule has 1 amide bonds. The van der Waals surface area contributed by atoms with Gasteiger partial charge in [0.25, 0.3) is 0 Å². The highest BCUT2D eigenvalue weighted by molar-refractivity contribution is 7.85. The number of Topliss-reactive ketones (excluding diaryl/α,β-unsaturated/α-hetero) is 1. The number of hydrogen-bond acceptors (Lipinski definition) is 5. The Labute approximate surface area is 206 Å². The average molecular weight is 495 g/mol. The minimum absolute atomic E-state index is 0.162. The summed E-state index contributed by atoms with van der Waals surface area (Å²) in [6, 6.07) is -0.652. The van der Waals surface area contributed by atoms with E-state index in [2.05, 4.69) is 26.1 Å². The minimum Gasteiger partial charge on any atom is -0.748 e. The Hall–Kier alpha value is -0.950. The summed E-state index contributed by atoms with van der Waals surface area (Å²) in [6.45, 7) is 8.86. The molecule has 4 aliphatic carbocycles. The molecular weight excluding hydrogens is 450 g/mol. The second-order valence-corrected chi connectivity index (χ2v) is 14.3. The Morgan fingerprint density at radius 2 is 1.76 bits per heavy atom. The summed E-state index contributed by atoms with van der Waals surface area (Å²) in [5.41, 5.74) is 0.670. The largest absolute Gasteiger partial charge is 0.748 e. The van der Waals surface area contributed by atoms with Crippen LogP contribution in [0.5, 0.6) is 0 Å². The molecule has 4 aliphatic rings. The Morgan fingerprint density at radius 3 is 2.47 bits per heavy atom. The molecule has 0 saturated heterocycles. The fourth-order valence-electron chi connectivity index (χ4n) is 9.28. The molecule has 9 atom stereocenters. The van der Waals surface area contributed by atoms with Gasteiger partial charge in [0.1, 0.15) is 5.78 Å². The van der Waals surface area contributed by atoms with Crippen molar-refractivity contribution < 1.29 is 22.6 Å². The summed E-state index contributed by atoms with van der Waals surface area (Å²) in [5, 5.41) is 2.68. The van der Waals surface area contributed by atoms with E-state index in [0.717, 1.165) is 43.4 Å². The van der Waals surface area contributed by atoms with Crippen LogP contribution < -0.4 is 5.32 Å². The molecule has 0 bridgehead atoms. The van der Waals surface area contributed by atoms with Crippen molar-refractivity contribution in [3.63, 3.8) is 0 Å². The first kappa shape index (κ1) is 26.1. The lowest BCUT2D eigenvalue weighted by atomic mass is 9.44. The second kappa shape index (κ2) is 9.49. The number of ketones is 1. The number of carbonyl (C=O) groups excluding carboxylic acids is 2. The van der Waals surface area contributed by atoms with Crippen LogP contribution >= 0.6 is 0 Å². The van der Waals surface area contributed by atoms with Gasteiger partial charge in [-0.1, -0.05) is 20.8 Å². The van der Waals surface area contributed by atoms with Crippen molar-refractivity contribution in [2.24, 2.45) is 46.3 Å². The van der Waals surface area contributed by atoms with Gasteiger partial charge >= 0.3 is 0 Å². The number of fused-ring (bicyclic) bond motifs is 5. The highest BCUT2D eigenvalue weighted by Crippen LogP contribution is 2.68. The van der Waals surface area contributed by atoms with Gasteiger partial charge in [0.2, 0.25) is 5.91 Å².